The number of rotatable bonds is 7. The molecular weight excluding hydrogens is 398 g/mol. The molecule has 0 bridgehead atoms. The molecule has 6 nitrogen and oxygen atoms in total. The standard InChI is InChI=1S/C23H27N3O3S/c1-15(23-24-18-7-4-5-8-19(18)25-23)30-14-22(27)26-12-6-9-20(26)17-13-16(28-2)10-11-21(17)29-3/h4-5,7-8,10-11,13,15,20H,6,9,12,14H2,1-3H3,(H,24,25). The molecule has 2 atom stereocenters. The van der Waals surface area contributed by atoms with Crippen molar-refractivity contribution in [1.82, 2.24) is 14.9 Å². The molecule has 1 N–H and O–H groups in total. The van der Waals surface area contributed by atoms with Crippen molar-refractivity contribution in [1.29, 1.82) is 0 Å². The smallest absolute Gasteiger partial charge is 0.233 e. The lowest BCUT2D eigenvalue weighted by molar-refractivity contribution is -0.129. The Labute approximate surface area is 181 Å². The van der Waals surface area contributed by atoms with E-state index in [9.17, 15) is 4.79 Å². The number of thioether (sulfide) groups is 1. The van der Waals surface area contributed by atoms with Gasteiger partial charge in [-0.2, -0.15) is 0 Å². The van der Waals surface area contributed by atoms with Crippen molar-refractivity contribution >= 4 is 28.7 Å². The molecule has 1 aliphatic rings. The first-order valence-electron chi connectivity index (χ1n) is 10.2. The molecule has 0 aliphatic carbocycles. The predicted octanol–water partition coefficient (Wildman–Crippen LogP) is 4.74. The van der Waals surface area contributed by atoms with E-state index in [0.717, 1.165) is 53.3 Å². The number of para-hydroxylation sites is 2. The summed E-state index contributed by atoms with van der Waals surface area (Å²) in [7, 11) is 3.32. The Morgan fingerprint density at radius 2 is 2.10 bits per heavy atom. The quantitative estimate of drug-likeness (QED) is 0.592. The first kappa shape index (κ1) is 20.6. The largest absolute Gasteiger partial charge is 0.497 e. The minimum atomic E-state index is 0.0182. The van der Waals surface area contributed by atoms with Gasteiger partial charge in [0, 0.05) is 12.1 Å². The maximum atomic E-state index is 13.1. The minimum absolute atomic E-state index is 0.0182. The highest BCUT2D eigenvalue weighted by Gasteiger charge is 2.32. The number of fused-ring (bicyclic) bond motifs is 1. The van der Waals surface area contributed by atoms with Crippen LogP contribution in [-0.2, 0) is 4.79 Å². The number of nitrogens with zero attached hydrogens (tertiary/aromatic N) is 2. The molecule has 1 aromatic heterocycles. The van der Waals surface area contributed by atoms with Gasteiger partial charge in [-0.25, -0.2) is 4.98 Å². The van der Waals surface area contributed by atoms with E-state index in [4.69, 9.17) is 9.47 Å². The predicted molar refractivity (Wildman–Crippen MR) is 120 cm³/mol. The zero-order valence-corrected chi connectivity index (χ0v) is 18.4. The fourth-order valence-electron chi connectivity index (χ4n) is 4.01. The number of hydrogen-bond donors (Lipinski definition) is 1. The van der Waals surface area contributed by atoms with E-state index in [1.54, 1.807) is 26.0 Å². The normalized spacial score (nSPS) is 17.3. The number of hydrogen-bond acceptors (Lipinski definition) is 5. The molecule has 1 fully saturated rings. The average Bonchev–Trinajstić information content (AvgIpc) is 3.44. The maximum Gasteiger partial charge on any atom is 0.233 e. The van der Waals surface area contributed by atoms with Gasteiger partial charge in [0.2, 0.25) is 5.91 Å². The van der Waals surface area contributed by atoms with Crippen LogP contribution in [0, 0.1) is 0 Å². The highest BCUT2D eigenvalue weighted by Crippen LogP contribution is 2.39. The second-order valence-corrected chi connectivity index (χ2v) is 8.77. The van der Waals surface area contributed by atoms with Crippen molar-refractivity contribution in [3.05, 3.63) is 53.9 Å². The second-order valence-electron chi connectivity index (χ2n) is 7.45. The van der Waals surface area contributed by atoms with Crippen molar-refractivity contribution in [3.63, 3.8) is 0 Å². The molecule has 158 valence electrons. The van der Waals surface area contributed by atoms with Crippen LogP contribution < -0.4 is 9.47 Å². The first-order valence-corrected chi connectivity index (χ1v) is 11.2. The van der Waals surface area contributed by atoms with Crippen molar-refractivity contribution in [2.45, 2.75) is 31.1 Å². The lowest BCUT2D eigenvalue weighted by atomic mass is 10.0. The average molecular weight is 426 g/mol. The number of imidazole rings is 1. The van der Waals surface area contributed by atoms with E-state index in [1.807, 2.05) is 47.4 Å². The number of ether oxygens (including phenoxy) is 2. The Bertz CT molecular complexity index is 1000. The molecule has 3 aromatic rings. The van der Waals surface area contributed by atoms with E-state index in [-0.39, 0.29) is 17.2 Å². The van der Waals surface area contributed by atoms with Gasteiger partial charge < -0.3 is 19.4 Å². The van der Waals surface area contributed by atoms with Crippen molar-refractivity contribution in [3.8, 4) is 11.5 Å². The second kappa shape index (κ2) is 9.00. The highest BCUT2D eigenvalue weighted by molar-refractivity contribution is 8.00. The molecule has 1 aliphatic heterocycles. The third kappa shape index (κ3) is 4.12. The fourth-order valence-corrected chi connectivity index (χ4v) is 4.84. The van der Waals surface area contributed by atoms with Gasteiger partial charge in [0.15, 0.2) is 0 Å². The van der Waals surface area contributed by atoms with Gasteiger partial charge in [-0.1, -0.05) is 12.1 Å². The van der Waals surface area contributed by atoms with Crippen molar-refractivity contribution in [2.24, 2.45) is 0 Å². The Balaban J connectivity index is 1.45. The summed E-state index contributed by atoms with van der Waals surface area (Å²) in [4.78, 5) is 23.1. The Kier molecular flexibility index (Phi) is 6.18. The van der Waals surface area contributed by atoms with Crippen LogP contribution in [0.5, 0.6) is 11.5 Å². The van der Waals surface area contributed by atoms with Crippen LogP contribution in [0.2, 0.25) is 0 Å². The number of nitrogens with one attached hydrogen (secondary N) is 1. The van der Waals surface area contributed by atoms with E-state index < -0.39 is 0 Å². The van der Waals surface area contributed by atoms with E-state index in [2.05, 4.69) is 16.9 Å². The summed E-state index contributed by atoms with van der Waals surface area (Å²) in [5.74, 6) is 3.04. The van der Waals surface area contributed by atoms with Crippen LogP contribution >= 0.6 is 11.8 Å². The van der Waals surface area contributed by atoms with Gasteiger partial charge in [0.25, 0.3) is 0 Å². The number of carbonyl (C=O) groups is 1. The number of H-pyrrole nitrogens is 1. The fraction of sp³-hybridized carbons (Fsp3) is 0.391. The number of benzene rings is 2. The molecule has 1 amide bonds. The van der Waals surface area contributed by atoms with Gasteiger partial charge in [0.05, 0.1) is 42.3 Å². The molecule has 30 heavy (non-hydrogen) atoms. The van der Waals surface area contributed by atoms with E-state index >= 15 is 0 Å². The third-order valence-corrected chi connectivity index (χ3v) is 6.76. The summed E-state index contributed by atoms with van der Waals surface area (Å²) in [5, 5.41) is 0.105. The molecule has 1 saturated heterocycles. The van der Waals surface area contributed by atoms with E-state index in [0.29, 0.717) is 5.75 Å². The molecule has 2 aromatic carbocycles. The molecule has 0 spiro atoms. The number of aromatic amines is 1. The van der Waals surface area contributed by atoms with Crippen molar-refractivity contribution in [2.75, 3.05) is 26.5 Å². The minimum Gasteiger partial charge on any atom is -0.497 e. The van der Waals surface area contributed by atoms with Crippen LogP contribution in [0.4, 0.5) is 0 Å². The van der Waals surface area contributed by atoms with Gasteiger partial charge in [0.1, 0.15) is 17.3 Å². The van der Waals surface area contributed by atoms with Crippen LogP contribution in [0.3, 0.4) is 0 Å². The molecule has 2 heterocycles. The molecule has 0 radical (unpaired) electrons. The number of aromatic nitrogens is 2. The van der Waals surface area contributed by atoms with Crippen LogP contribution in [0.15, 0.2) is 42.5 Å². The van der Waals surface area contributed by atoms with Gasteiger partial charge in [-0.05, 0) is 50.1 Å². The first-order chi connectivity index (χ1) is 14.6. The summed E-state index contributed by atoms with van der Waals surface area (Å²) < 4.78 is 10.9. The van der Waals surface area contributed by atoms with Crippen LogP contribution in [-0.4, -0.2) is 47.3 Å². The Morgan fingerprint density at radius 3 is 2.87 bits per heavy atom. The summed E-state index contributed by atoms with van der Waals surface area (Å²) in [5.41, 5.74) is 2.99. The number of likely N-dealkylation sites (tertiary alicyclic amines) is 1. The highest BCUT2D eigenvalue weighted by atomic mass is 32.2. The number of methoxy groups -OCH3 is 2. The lowest BCUT2D eigenvalue weighted by Gasteiger charge is -2.27. The Morgan fingerprint density at radius 1 is 1.27 bits per heavy atom. The zero-order chi connectivity index (χ0) is 21.1. The van der Waals surface area contributed by atoms with Crippen LogP contribution in [0.25, 0.3) is 11.0 Å². The molecule has 0 saturated carbocycles. The zero-order valence-electron chi connectivity index (χ0n) is 17.6. The number of carbonyl (C=O) groups excluding carboxylic acids is 1. The lowest BCUT2D eigenvalue weighted by Crippen LogP contribution is -2.32. The molecule has 7 heteroatoms. The summed E-state index contributed by atoms with van der Waals surface area (Å²) >= 11 is 1.61. The summed E-state index contributed by atoms with van der Waals surface area (Å²) in [6.45, 7) is 2.85. The summed E-state index contributed by atoms with van der Waals surface area (Å²) in [6, 6.07) is 13.8. The number of amides is 1. The monoisotopic (exact) mass is 425 g/mol. The van der Waals surface area contributed by atoms with Gasteiger partial charge in [-0.15, -0.1) is 11.8 Å². The molecular formula is C23H27N3O3S. The molecule has 2 unspecified atom stereocenters. The maximum absolute atomic E-state index is 13.1. The van der Waals surface area contributed by atoms with E-state index in [1.165, 1.54) is 0 Å². The van der Waals surface area contributed by atoms with Crippen LogP contribution in [0.1, 0.15) is 42.4 Å². The summed E-state index contributed by atoms with van der Waals surface area (Å²) in [6.07, 6.45) is 1.92. The van der Waals surface area contributed by atoms with Gasteiger partial charge in [-0.3, -0.25) is 4.79 Å². The topological polar surface area (TPSA) is 67.5 Å². The van der Waals surface area contributed by atoms with Crippen molar-refractivity contribution < 1.29 is 14.3 Å². The Hall–Kier alpha value is -2.67. The SMILES string of the molecule is COc1ccc(OC)c(C2CCCN2C(=O)CSC(C)c2nc3ccccc3[nH]2)c1. The van der Waals surface area contributed by atoms with Gasteiger partial charge >= 0.3 is 0 Å². The third-order valence-electron chi connectivity index (χ3n) is 5.62. The molecule has 4 rings (SSSR count).